The molecule has 5 nitrogen and oxygen atoms in total. The van der Waals surface area contributed by atoms with Crippen LogP contribution in [0.1, 0.15) is 37.3 Å². The van der Waals surface area contributed by atoms with E-state index in [1.807, 2.05) is 19.4 Å². The number of nitrogens with one attached hydrogen (secondary N) is 1. The fourth-order valence-electron chi connectivity index (χ4n) is 2.33. The van der Waals surface area contributed by atoms with Gasteiger partial charge in [-0.15, -0.1) is 0 Å². The Labute approximate surface area is 95.9 Å². The standard InChI is InChI=1S/C11H20N4O/c1-15-8-9(7-13-15)10(14-12)6-11(16-2)4-3-5-11/h7-8,10,14H,3-6,12H2,1-2H3. The highest BCUT2D eigenvalue weighted by atomic mass is 16.5. The Morgan fingerprint density at radius 1 is 1.69 bits per heavy atom. The molecule has 1 saturated carbocycles. The molecule has 0 radical (unpaired) electrons. The molecule has 0 aromatic carbocycles. The zero-order valence-electron chi connectivity index (χ0n) is 9.94. The third-order valence-corrected chi connectivity index (χ3v) is 3.60. The van der Waals surface area contributed by atoms with Crippen molar-refractivity contribution in [1.29, 1.82) is 0 Å². The normalized spacial score (nSPS) is 20.4. The minimum Gasteiger partial charge on any atom is -0.378 e. The van der Waals surface area contributed by atoms with Crippen LogP contribution in [0.5, 0.6) is 0 Å². The van der Waals surface area contributed by atoms with Crippen LogP contribution in [0.4, 0.5) is 0 Å². The lowest BCUT2D eigenvalue weighted by atomic mass is 9.75. The van der Waals surface area contributed by atoms with Gasteiger partial charge in [0.2, 0.25) is 0 Å². The van der Waals surface area contributed by atoms with Crippen molar-refractivity contribution < 1.29 is 4.74 Å². The second kappa shape index (κ2) is 4.53. The molecule has 2 rings (SSSR count). The zero-order valence-corrected chi connectivity index (χ0v) is 9.94. The van der Waals surface area contributed by atoms with E-state index in [1.54, 1.807) is 11.8 Å². The average Bonchev–Trinajstić information content (AvgIpc) is 2.65. The van der Waals surface area contributed by atoms with Crippen molar-refractivity contribution in [3.05, 3.63) is 18.0 Å². The topological polar surface area (TPSA) is 65.1 Å². The molecule has 1 aromatic heterocycles. The van der Waals surface area contributed by atoms with Crippen molar-refractivity contribution in [2.45, 2.75) is 37.3 Å². The molecule has 1 atom stereocenters. The number of hydrogen-bond acceptors (Lipinski definition) is 4. The predicted octanol–water partition coefficient (Wildman–Crippen LogP) is 0.884. The summed E-state index contributed by atoms with van der Waals surface area (Å²) in [7, 11) is 3.70. The number of nitrogens with zero attached hydrogens (tertiary/aromatic N) is 2. The maximum atomic E-state index is 5.61. The highest BCUT2D eigenvalue weighted by Crippen LogP contribution is 2.41. The number of aromatic nitrogens is 2. The van der Waals surface area contributed by atoms with E-state index in [0.717, 1.165) is 24.8 Å². The fourth-order valence-corrected chi connectivity index (χ4v) is 2.33. The maximum Gasteiger partial charge on any atom is 0.0697 e. The molecule has 0 bridgehead atoms. The van der Waals surface area contributed by atoms with E-state index in [0.29, 0.717) is 0 Å². The molecule has 16 heavy (non-hydrogen) atoms. The molecule has 1 unspecified atom stereocenters. The minimum absolute atomic E-state index is 0.0207. The molecule has 0 aliphatic heterocycles. The third kappa shape index (κ3) is 2.11. The van der Waals surface area contributed by atoms with E-state index in [9.17, 15) is 0 Å². The summed E-state index contributed by atoms with van der Waals surface area (Å²) in [5.41, 5.74) is 4.00. The summed E-state index contributed by atoms with van der Waals surface area (Å²) in [6.07, 6.45) is 8.26. The lowest BCUT2D eigenvalue weighted by molar-refractivity contribution is -0.0838. The van der Waals surface area contributed by atoms with E-state index < -0.39 is 0 Å². The van der Waals surface area contributed by atoms with E-state index in [4.69, 9.17) is 10.6 Å². The van der Waals surface area contributed by atoms with Crippen LogP contribution in [0.25, 0.3) is 0 Å². The highest BCUT2D eigenvalue weighted by Gasteiger charge is 2.39. The first-order chi connectivity index (χ1) is 7.69. The fraction of sp³-hybridized carbons (Fsp3) is 0.727. The number of nitrogens with two attached hydrogens (primary N) is 1. The molecule has 3 N–H and O–H groups in total. The van der Waals surface area contributed by atoms with Crippen LogP contribution in [-0.2, 0) is 11.8 Å². The molecule has 0 saturated heterocycles. The van der Waals surface area contributed by atoms with Gasteiger partial charge in [0.1, 0.15) is 0 Å². The maximum absolute atomic E-state index is 5.61. The van der Waals surface area contributed by atoms with Gasteiger partial charge in [-0.05, 0) is 25.7 Å². The van der Waals surface area contributed by atoms with Crippen molar-refractivity contribution >= 4 is 0 Å². The molecular formula is C11H20N4O. The van der Waals surface area contributed by atoms with Crippen LogP contribution in [0, 0.1) is 0 Å². The lowest BCUT2D eigenvalue weighted by Gasteiger charge is -2.42. The van der Waals surface area contributed by atoms with Gasteiger partial charge in [-0.2, -0.15) is 5.10 Å². The van der Waals surface area contributed by atoms with E-state index in [-0.39, 0.29) is 11.6 Å². The number of methoxy groups -OCH3 is 1. The molecule has 1 fully saturated rings. The first-order valence-corrected chi connectivity index (χ1v) is 5.69. The SMILES string of the molecule is COC1(CC(NN)c2cnn(C)c2)CCC1. The van der Waals surface area contributed by atoms with E-state index in [2.05, 4.69) is 10.5 Å². The van der Waals surface area contributed by atoms with Crippen molar-refractivity contribution in [1.82, 2.24) is 15.2 Å². The molecular weight excluding hydrogens is 204 g/mol. The van der Waals surface area contributed by atoms with Crippen molar-refractivity contribution in [2.75, 3.05) is 7.11 Å². The van der Waals surface area contributed by atoms with E-state index in [1.165, 1.54) is 6.42 Å². The largest absolute Gasteiger partial charge is 0.378 e. The summed E-state index contributed by atoms with van der Waals surface area (Å²) in [5, 5.41) is 4.17. The van der Waals surface area contributed by atoms with Crippen LogP contribution >= 0.6 is 0 Å². The Morgan fingerprint density at radius 3 is 2.81 bits per heavy atom. The molecule has 0 amide bonds. The minimum atomic E-state index is 0.0207. The molecule has 5 heteroatoms. The molecule has 1 aliphatic rings. The van der Waals surface area contributed by atoms with Crippen LogP contribution in [0.2, 0.25) is 0 Å². The van der Waals surface area contributed by atoms with Gasteiger partial charge in [0.15, 0.2) is 0 Å². The van der Waals surface area contributed by atoms with Crippen molar-refractivity contribution in [2.24, 2.45) is 12.9 Å². The van der Waals surface area contributed by atoms with Gasteiger partial charge >= 0.3 is 0 Å². The van der Waals surface area contributed by atoms with E-state index >= 15 is 0 Å². The number of hydrazine groups is 1. The molecule has 90 valence electrons. The van der Waals surface area contributed by atoms with Crippen LogP contribution in [0.15, 0.2) is 12.4 Å². The van der Waals surface area contributed by atoms with Gasteiger partial charge < -0.3 is 4.74 Å². The van der Waals surface area contributed by atoms with Gasteiger partial charge in [0.25, 0.3) is 0 Å². The second-order valence-corrected chi connectivity index (χ2v) is 4.61. The average molecular weight is 224 g/mol. The first-order valence-electron chi connectivity index (χ1n) is 5.69. The Hall–Kier alpha value is -0.910. The molecule has 1 aromatic rings. The molecule has 1 aliphatic carbocycles. The lowest BCUT2D eigenvalue weighted by Crippen LogP contribution is -2.44. The van der Waals surface area contributed by atoms with Crippen molar-refractivity contribution in [3.8, 4) is 0 Å². The van der Waals surface area contributed by atoms with Crippen LogP contribution in [-0.4, -0.2) is 22.5 Å². The van der Waals surface area contributed by atoms with Gasteiger partial charge in [-0.3, -0.25) is 16.0 Å². The van der Waals surface area contributed by atoms with Gasteiger partial charge in [0, 0.05) is 25.9 Å². The monoisotopic (exact) mass is 224 g/mol. The van der Waals surface area contributed by atoms with Gasteiger partial charge in [-0.1, -0.05) is 0 Å². The second-order valence-electron chi connectivity index (χ2n) is 4.61. The summed E-state index contributed by atoms with van der Waals surface area (Å²) < 4.78 is 7.40. The van der Waals surface area contributed by atoms with Crippen LogP contribution in [0.3, 0.4) is 0 Å². The number of aryl methyl sites for hydroxylation is 1. The number of rotatable bonds is 5. The summed E-state index contributed by atoms with van der Waals surface area (Å²) in [6.45, 7) is 0. The summed E-state index contributed by atoms with van der Waals surface area (Å²) in [5.74, 6) is 5.61. The molecule has 0 spiro atoms. The predicted molar refractivity (Wildman–Crippen MR) is 61.5 cm³/mol. The molecule has 1 heterocycles. The summed E-state index contributed by atoms with van der Waals surface area (Å²) in [6, 6.07) is 0.119. The first kappa shape index (κ1) is 11.6. The Bertz CT molecular complexity index is 340. The zero-order chi connectivity index (χ0) is 11.6. The Balaban J connectivity index is 2.05. The Kier molecular flexibility index (Phi) is 3.28. The third-order valence-electron chi connectivity index (χ3n) is 3.60. The van der Waals surface area contributed by atoms with Gasteiger partial charge in [-0.25, -0.2) is 0 Å². The summed E-state index contributed by atoms with van der Waals surface area (Å²) >= 11 is 0. The number of hydrogen-bond donors (Lipinski definition) is 2. The summed E-state index contributed by atoms with van der Waals surface area (Å²) in [4.78, 5) is 0. The smallest absolute Gasteiger partial charge is 0.0697 e. The quantitative estimate of drug-likeness (QED) is 0.575. The van der Waals surface area contributed by atoms with Crippen LogP contribution < -0.4 is 11.3 Å². The Morgan fingerprint density at radius 2 is 2.44 bits per heavy atom. The van der Waals surface area contributed by atoms with Gasteiger partial charge in [0.05, 0.1) is 17.8 Å². The highest BCUT2D eigenvalue weighted by molar-refractivity contribution is 5.12. The number of ether oxygens (including phenoxy) is 1. The van der Waals surface area contributed by atoms with Crippen molar-refractivity contribution in [3.63, 3.8) is 0 Å².